The number of carbonyl (C=O) groups is 2. The zero-order chi connectivity index (χ0) is 25.4. The Morgan fingerprint density at radius 2 is 1.72 bits per heavy atom. The van der Waals surface area contributed by atoms with Gasteiger partial charge >= 0.3 is 6.03 Å². The number of rotatable bonds is 4. The van der Waals surface area contributed by atoms with Gasteiger partial charge in [0.2, 0.25) is 5.95 Å². The molecule has 0 spiro atoms. The summed E-state index contributed by atoms with van der Waals surface area (Å²) in [5.74, 6) is -2.82. The maximum absolute atomic E-state index is 14.4. The average Bonchev–Trinajstić information content (AvgIpc) is 3.54. The first-order valence-electron chi connectivity index (χ1n) is 11.0. The van der Waals surface area contributed by atoms with Crippen LogP contribution >= 0.6 is 0 Å². The number of anilines is 1. The van der Waals surface area contributed by atoms with E-state index in [1.165, 1.54) is 35.7 Å². The van der Waals surface area contributed by atoms with Crippen LogP contribution in [0, 0.1) is 17.5 Å². The first-order valence-corrected chi connectivity index (χ1v) is 11.0. The molecule has 5 rings (SSSR count). The molecule has 0 saturated carbocycles. The Morgan fingerprint density at radius 3 is 2.39 bits per heavy atom. The highest BCUT2D eigenvalue weighted by Crippen LogP contribution is 2.30. The van der Waals surface area contributed by atoms with Crippen molar-refractivity contribution in [2.75, 3.05) is 31.1 Å². The Labute approximate surface area is 202 Å². The van der Waals surface area contributed by atoms with Crippen LogP contribution in [0.3, 0.4) is 0 Å². The monoisotopic (exact) mass is 499 g/mol. The van der Waals surface area contributed by atoms with Crippen molar-refractivity contribution in [1.82, 2.24) is 29.7 Å². The molecule has 3 aromatic rings. The molecule has 2 aliphatic heterocycles. The molecular formula is C22H20F3N9O2. The number of primary amides is 1. The fourth-order valence-electron chi connectivity index (χ4n) is 4.11. The molecule has 0 unspecified atom stereocenters. The molecule has 1 atom stereocenters. The molecule has 36 heavy (non-hydrogen) atoms. The minimum Gasteiger partial charge on any atom is -0.366 e. The van der Waals surface area contributed by atoms with Crippen LogP contribution in [0.4, 0.5) is 23.9 Å². The van der Waals surface area contributed by atoms with Crippen molar-refractivity contribution in [2.45, 2.75) is 12.5 Å². The minimum absolute atomic E-state index is 0.102. The first-order chi connectivity index (χ1) is 17.3. The first kappa shape index (κ1) is 23.3. The van der Waals surface area contributed by atoms with Crippen LogP contribution in [0.2, 0.25) is 0 Å². The number of benzene rings is 1. The Bertz CT molecular complexity index is 1330. The summed E-state index contributed by atoms with van der Waals surface area (Å²) in [6, 6.07) is 2.15. The van der Waals surface area contributed by atoms with Gasteiger partial charge in [0.1, 0.15) is 11.6 Å². The van der Waals surface area contributed by atoms with Gasteiger partial charge in [0.05, 0.1) is 24.0 Å². The summed E-state index contributed by atoms with van der Waals surface area (Å²) >= 11 is 0. The van der Waals surface area contributed by atoms with Crippen molar-refractivity contribution in [2.24, 2.45) is 10.8 Å². The number of hydrogen-bond donors (Lipinski definition) is 1. The normalized spacial score (nSPS) is 17.6. The van der Waals surface area contributed by atoms with E-state index in [1.54, 1.807) is 9.80 Å². The summed E-state index contributed by atoms with van der Waals surface area (Å²) in [5, 5.41) is 9.28. The van der Waals surface area contributed by atoms with Crippen molar-refractivity contribution in [3.8, 4) is 5.82 Å². The molecule has 2 aliphatic rings. The van der Waals surface area contributed by atoms with E-state index in [0.717, 1.165) is 16.9 Å². The Balaban J connectivity index is 1.27. The van der Waals surface area contributed by atoms with Crippen LogP contribution < -0.4 is 10.6 Å². The number of hydrazone groups is 1. The number of halogens is 3. The smallest absolute Gasteiger partial charge is 0.341 e. The number of urea groups is 1. The fourth-order valence-corrected chi connectivity index (χ4v) is 4.11. The minimum atomic E-state index is -0.738. The molecule has 186 valence electrons. The largest absolute Gasteiger partial charge is 0.366 e. The third-order valence-corrected chi connectivity index (χ3v) is 5.93. The predicted molar refractivity (Wildman–Crippen MR) is 121 cm³/mol. The quantitative estimate of drug-likeness (QED) is 0.584. The third-order valence-electron chi connectivity index (χ3n) is 5.93. The van der Waals surface area contributed by atoms with Crippen molar-refractivity contribution in [1.29, 1.82) is 0 Å². The van der Waals surface area contributed by atoms with Gasteiger partial charge in [-0.15, -0.1) is 0 Å². The molecule has 1 aromatic carbocycles. The molecule has 0 bridgehead atoms. The van der Waals surface area contributed by atoms with E-state index in [1.807, 2.05) is 0 Å². The van der Waals surface area contributed by atoms with E-state index in [-0.39, 0.29) is 17.3 Å². The van der Waals surface area contributed by atoms with Crippen molar-refractivity contribution >= 4 is 24.1 Å². The summed E-state index contributed by atoms with van der Waals surface area (Å²) in [4.78, 5) is 36.1. The lowest BCUT2D eigenvalue weighted by Gasteiger charge is -2.37. The number of nitrogens with zero attached hydrogens (tertiary/aromatic N) is 8. The average molecular weight is 499 g/mol. The van der Waals surface area contributed by atoms with Crippen molar-refractivity contribution in [3.63, 3.8) is 0 Å². The summed E-state index contributed by atoms with van der Waals surface area (Å²) in [6.07, 6.45) is 5.36. The van der Waals surface area contributed by atoms with Crippen LogP contribution in [0.15, 0.2) is 41.9 Å². The highest BCUT2D eigenvalue weighted by Gasteiger charge is 2.34. The number of piperazine rings is 1. The van der Waals surface area contributed by atoms with Gasteiger partial charge in [0.15, 0.2) is 11.6 Å². The van der Waals surface area contributed by atoms with Crippen LogP contribution in [0.5, 0.6) is 0 Å². The van der Waals surface area contributed by atoms with Crippen LogP contribution in [-0.4, -0.2) is 74.0 Å². The standard InChI is InChI=1S/C22H20F3N9O2/c23-15-7-13(8-16(24)9-15)18-1-2-28-34(18)22(36)32-5-3-31(4-6-32)21-27-11-17(25)20(30-21)33-12-14(10-29-33)19(26)35/h2,7-12,18H,1,3-6H2,(H2,26,35)/t18-/m0/s1. The molecule has 3 amide bonds. The van der Waals surface area contributed by atoms with Crippen molar-refractivity contribution < 1.29 is 22.8 Å². The van der Waals surface area contributed by atoms with Gasteiger partial charge in [-0.3, -0.25) is 4.79 Å². The maximum atomic E-state index is 14.4. The summed E-state index contributed by atoms with van der Waals surface area (Å²) in [6.45, 7) is 1.27. The Kier molecular flexibility index (Phi) is 6.00. The van der Waals surface area contributed by atoms with E-state index >= 15 is 0 Å². The lowest BCUT2D eigenvalue weighted by atomic mass is 10.0. The second-order valence-corrected chi connectivity index (χ2v) is 8.23. The van der Waals surface area contributed by atoms with Crippen LogP contribution in [0.25, 0.3) is 5.82 Å². The topological polar surface area (TPSA) is 126 Å². The number of carbonyl (C=O) groups excluding carboxylic acids is 2. The lowest BCUT2D eigenvalue weighted by Crippen LogP contribution is -2.52. The summed E-state index contributed by atoms with van der Waals surface area (Å²) in [5.41, 5.74) is 5.65. The van der Waals surface area contributed by atoms with Gasteiger partial charge in [0.25, 0.3) is 5.91 Å². The van der Waals surface area contributed by atoms with Crippen LogP contribution in [-0.2, 0) is 0 Å². The summed E-state index contributed by atoms with van der Waals surface area (Å²) < 4.78 is 42.9. The zero-order valence-corrected chi connectivity index (χ0v) is 18.8. The zero-order valence-electron chi connectivity index (χ0n) is 18.8. The SMILES string of the molecule is NC(=O)c1cnn(-c2nc(N3CCN(C(=O)N4N=CC[C@H]4c4cc(F)cc(F)c4)CC3)ncc2F)c1. The van der Waals surface area contributed by atoms with Crippen molar-refractivity contribution in [3.05, 3.63) is 65.4 Å². The number of hydrogen-bond acceptors (Lipinski definition) is 7. The predicted octanol–water partition coefficient (Wildman–Crippen LogP) is 1.85. The third kappa shape index (κ3) is 4.44. The molecule has 1 saturated heterocycles. The molecule has 2 N–H and O–H groups in total. The molecular weight excluding hydrogens is 479 g/mol. The second kappa shape index (κ2) is 9.28. The van der Waals surface area contributed by atoms with Gasteiger partial charge in [-0.25, -0.2) is 32.6 Å². The molecule has 11 nitrogen and oxygen atoms in total. The molecule has 2 aromatic heterocycles. The van der Waals surface area contributed by atoms with Gasteiger partial charge in [0, 0.05) is 51.1 Å². The molecule has 4 heterocycles. The molecule has 0 radical (unpaired) electrons. The highest BCUT2D eigenvalue weighted by molar-refractivity contribution is 5.92. The number of nitrogens with two attached hydrogens (primary N) is 1. The molecule has 14 heteroatoms. The second-order valence-electron chi connectivity index (χ2n) is 8.23. The van der Waals surface area contributed by atoms with Gasteiger partial charge in [-0.1, -0.05) is 0 Å². The van der Waals surface area contributed by atoms with E-state index in [0.29, 0.717) is 38.2 Å². The maximum Gasteiger partial charge on any atom is 0.341 e. The van der Waals surface area contributed by atoms with E-state index < -0.39 is 35.4 Å². The Morgan fingerprint density at radius 1 is 1.00 bits per heavy atom. The van der Waals surface area contributed by atoms with Gasteiger partial charge in [-0.05, 0) is 17.7 Å². The van der Waals surface area contributed by atoms with E-state index in [4.69, 9.17) is 5.73 Å². The van der Waals surface area contributed by atoms with E-state index in [2.05, 4.69) is 20.2 Å². The Hall–Kier alpha value is -4.49. The number of amides is 3. The summed E-state index contributed by atoms with van der Waals surface area (Å²) in [7, 11) is 0. The molecule has 0 aliphatic carbocycles. The van der Waals surface area contributed by atoms with Crippen LogP contribution in [0.1, 0.15) is 28.4 Å². The van der Waals surface area contributed by atoms with E-state index in [9.17, 15) is 22.8 Å². The number of aromatic nitrogens is 4. The highest BCUT2D eigenvalue weighted by atomic mass is 19.1. The van der Waals surface area contributed by atoms with Gasteiger partial charge < -0.3 is 15.5 Å². The lowest BCUT2D eigenvalue weighted by molar-refractivity contribution is 0.1000. The molecule has 1 fully saturated rings. The van der Waals surface area contributed by atoms with Gasteiger partial charge in [-0.2, -0.15) is 15.2 Å². The fraction of sp³-hybridized carbons (Fsp3) is 0.273.